The molecule has 0 amide bonds. The van der Waals surface area contributed by atoms with Crippen LogP contribution in [-0.2, 0) is 25.8 Å². The van der Waals surface area contributed by atoms with Crippen molar-refractivity contribution in [3.63, 3.8) is 0 Å². The van der Waals surface area contributed by atoms with Gasteiger partial charge in [0.25, 0.3) is 0 Å². The molecule has 0 aliphatic rings. The standard InChI is InChI=1S/C7H15.Hf.3H2O/c1-4-5-6-7(2)3;;;;/h7H,1,4-6H2,2-3H3;;3*1H2/q-1;+4;;;/p-3. The molecule has 4 heteroatoms. The zero-order valence-electron chi connectivity index (χ0n) is 7.25. The molecule has 0 radical (unpaired) electrons. The van der Waals surface area contributed by atoms with Gasteiger partial charge in [-0.3, -0.25) is 0 Å². The van der Waals surface area contributed by atoms with Gasteiger partial charge >= 0.3 is 25.8 Å². The summed E-state index contributed by atoms with van der Waals surface area (Å²) in [5.74, 6) is 0.863. The van der Waals surface area contributed by atoms with Crippen molar-refractivity contribution in [2.75, 3.05) is 0 Å². The van der Waals surface area contributed by atoms with Gasteiger partial charge in [-0.15, -0.1) is 0 Å². The zero-order valence-corrected chi connectivity index (χ0v) is 10.8. The molecule has 0 aliphatic heterocycles. The van der Waals surface area contributed by atoms with Crippen LogP contribution in [0.3, 0.4) is 0 Å². The monoisotopic (exact) mass is 330 g/mol. The summed E-state index contributed by atoms with van der Waals surface area (Å²) in [5.41, 5.74) is 0. The molecule has 3 nitrogen and oxygen atoms in total. The molecule has 3 N–H and O–H groups in total. The Labute approximate surface area is 88.3 Å². The number of hydrogen-bond donors (Lipinski definition) is 0. The molecule has 11 heavy (non-hydrogen) atoms. The van der Waals surface area contributed by atoms with E-state index < -0.39 is 0 Å². The van der Waals surface area contributed by atoms with E-state index in [9.17, 15) is 0 Å². The average molecular weight is 329 g/mol. The Balaban J connectivity index is -0.0000000300. The van der Waals surface area contributed by atoms with E-state index in [4.69, 9.17) is 0 Å². The van der Waals surface area contributed by atoms with Gasteiger partial charge in [0.15, 0.2) is 0 Å². The second kappa shape index (κ2) is 22.4. The molecule has 0 aromatic carbocycles. The molecular weight excluding hydrogens is 311 g/mol. The Hall–Kier alpha value is 0.750. The molecular formula is C7H18HfO3. The molecule has 0 atom stereocenters. The van der Waals surface area contributed by atoms with Crippen LogP contribution in [0.25, 0.3) is 0 Å². The fourth-order valence-electron chi connectivity index (χ4n) is 0.553. The van der Waals surface area contributed by atoms with Crippen molar-refractivity contribution >= 4 is 0 Å². The summed E-state index contributed by atoms with van der Waals surface area (Å²) >= 11 is 0. The molecule has 0 aliphatic carbocycles. The SMILES string of the molecule is [CH2-]CCCC(C)C.[Hf+4].[OH-].[OH-].[OH-]. The van der Waals surface area contributed by atoms with Crippen molar-refractivity contribution in [2.45, 2.75) is 33.1 Å². The van der Waals surface area contributed by atoms with Crippen molar-refractivity contribution in [2.24, 2.45) is 5.92 Å². The zero-order chi connectivity index (χ0) is 5.70. The molecule has 0 aromatic rings. The van der Waals surface area contributed by atoms with E-state index in [2.05, 4.69) is 20.8 Å². The van der Waals surface area contributed by atoms with Gasteiger partial charge in [-0.25, -0.2) is 0 Å². The third-order valence-corrected chi connectivity index (χ3v) is 1.03. The van der Waals surface area contributed by atoms with Gasteiger partial charge in [-0.05, 0) is 5.92 Å². The van der Waals surface area contributed by atoms with E-state index in [0.29, 0.717) is 0 Å². The smallest absolute Gasteiger partial charge is 0.870 e. The van der Waals surface area contributed by atoms with Gasteiger partial charge in [0.1, 0.15) is 0 Å². The summed E-state index contributed by atoms with van der Waals surface area (Å²) < 4.78 is 0. The van der Waals surface area contributed by atoms with Crippen LogP contribution in [0.2, 0.25) is 0 Å². The predicted molar refractivity (Wildman–Crippen MR) is 39.9 cm³/mol. The first kappa shape index (κ1) is 29.8. The first-order chi connectivity index (χ1) is 3.27. The van der Waals surface area contributed by atoms with Crippen LogP contribution < -0.4 is 0 Å². The topological polar surface area (TPSA) is 90.0 Å². The van der Waals surface area contributed by atoms with Crippen LogP contribution in [0, 0.1) is 12.8 Å². The molecule has 0 aromatic heterocycles. The van der Waals surface area contributed by atoms with Gasteiger partial charge in [0.2, 0.25) is 0 Å². The molecule has 0 unspecified atom stereocenters. The quantitative estimate of drug-likeness (QED) is 0.587. The largest absolute Gasteiger partial charge is 4.00 e. The van der Waals surface area contributed by atoms with E-state index >= 15 is 0 Å². The summed E-state index contributed by atoms with van der Waals surface area (Å²) in [4.78, 5) is 0. The van der Waals surface area contributed by atoms with Gasteiger partial charge in [0.05, 0.1) is 0 Å². The first-order valence-corrected chi connectivity index (χ1v) is 3.06. The van der Waals surface area contributed by atoms with Gasteiger partial charge in [-0.1, -0.05) is 26.7 Å². The van der Waals surface area contributed by atoms with E-state index in [-0.39, 0.29) is 42.3 Å². The van der Waals surface area contributed by atoms with Gasteiger partial charge in [0, 0.05) is 0 Å². The summed E-state index contributed by atoms with van der Waals surface area (Å²) in [5, 5.41) is 0. The van der Waals surface area contributed by atoms with Crippen molar-refractivity contribution in [3.8, 4) is 0 Å². The van der Waals surface area contributed by atoms with E-state index in [1.54, 1.807) is 0 Å². The predicted octanol–water partition coefficient (Wildman–Crippen LogP) is 2.11. The Morgan fingerprint density at radius 1 is 1.09 bits per heavy atom. The normalized spacial score (nSPS) is 6.55. The average Bonchev–Trinajstić information content (AvgIpc) is 1.61. The van der Waals surface area contributed by atoms with Crippen LogP contribution in [0.1, 0.15) is 33.1 Å². The van der Waals surface area contributed by atoms with E-state index in [0.717, 1.165) is 12.3 Å². The van der Waals surface area contributed by atoms with Crippen molar-refractivity contribution in [1.82, 2.24) is 0 Å². The molecule has 0 saturated carbocycles. The third kappa shape index (κ3) is 36.5. The minimum atomic E-state index is 0. The maximum absolute atomic E-state index is 3.76. The van der Waals surface area contributed by atoms with Crippen LogP contribution in [-0.4, -0.2) is 16.4 Å². The van der Waals surface area contributed by atoms with E-state index in [1.807, 2.05) is 0 Å². The Kier molecular flexibility index (Phi) is 60.8. The maximum Gasteiger partial charge on any atom is 4.00 e. The Bertz CT molecular complexity index is 42.7. The number of rotatable bonds is 3. The second-order valence-corrected chi connectivity index (χ2v) is 2.39. The summed E-state index contributed by atoms with van der Waals surface area (Å²) in [6.45, 7) is 8.25. The molecule has 0 heterocycles. The van der Waals surface area contributed by atoms with Crippen LogP contribution in [0.15, 0.2) is 0 Å². The number of unbranched alkanes of at least 4 members (excludes halogenated alkanes) is 1. The Morgan fingerprint density at radius 3 is 1.55 bits per heavy atom. The molecule has 68 valence electrons. The summed E-state index contributed by atoms with van der Waals surface area (Å²) in [7, 11) is 0. The first-order valence-electron chi connectivity index (χ1n) is 3.06. The van der Waals surface area contributed by atoms with Gasteiger partial charge < -0.3 is 23.4 Å². The molecule has 0 saturated heterocycles. The van der Waals surface area contributed by atoms with Crippen molar-refractivity contribution in [3.05, 3.63) is 6.92 Å². The van der Waals surface area contributed by atoms with Gasteiger partial charge in [-0.2, -0.15) is 6.42 Å². The maximum atomic E-state index is 3.76. The van der Waals surface area contributed by atoms with E-state index in [1.165, 1.54) is 12.8 Å². The molecule has 0 spiro atoms. The van der Waals surface area contributed by atoms with Crippen LogP contribution in [0.4, 0.5) is 0 Å². The fourth-order valence-corrected chi connectivity index (χ4v) is 0.553. The van der Waals surface area contributed by atoms with Crippen molar-refractivity contribution < 1.29 is 42.3 Å². The minimum absolute atomic E-state index is 0. The molecule has 0 bridgehead atoms. The van der Waals surface area contributed by atoms with Crippen LogP contribution in [0.5, 0.6) is 0 Å². The van der Waals surface area contributed by atoms with Crippen molar-refractivity contribution in [1.29, 1.82) is 0 Å². The van der Waals surface area contributed by atoms with Crippen LogP contribution >= 0.6 is 0 Å². The molecule has 0 rings (SSSR count). The molecule has 0 fully saturated rings. The second-order valence-electron chi connectivity index (χ2n) is 2.39. The summed E-state index contributed by atoms with van der Waals surface area (Å²) in [6.07, 6.45) is 3.72. The summed E-state index contributed by atoms with van der Waals surface area (Å²) in [6, 6.07) is 0. The minimum Gasteiger partial charge on any atom is -0.870 e. The third-order valence-electron chi connectivity index (χ3n) is 1.03. The Morgan fingerprint density at radius 2 is 1.45 bits per heavy atom. The fraction of sp³-hybridized carbons (Fsp3) is 0.857. The number of hydrogen-bond acceptors (Lipinski definition) is 3.